The monoisotopic (exact) mass is 337 g/mol. The van der Waals surface area contributed by atoms with Gasteiger partial charge in [0.1, 0.15) is 5.75 Å². The summed E-state index contributed by atoms with van der Waals surface area (Å²) in [6.45, 7) is 3.59. The van der Waals surface area contributed by atoms with Gasteiger partial charge in [-0.2, -0.15) is 0 Å². The average Bonchev–Trinajstić information content (AvgIpc) is 2.62. The van der Waals surface area contributed by atoms with Crippen molar-refractivity contribution in [3.63, 3.8) is 0 Å². The Hall–Kier alpha value is -1.10. The maximum atomic E-state index is 13.0. The van der Waals surface area contributed by atoms with Crippen LogP contribution in [0.1, 0.15) is 36.0 Å². The minimum absolute atomic E-state index is 0.0268. The zero-order valence-electron chi connectivity index (χ0n) is 13.6. The highest BCUT2D eigenvalue weighted by Crippen LogP contribution is 2.30. The van der Waals surface area contributed by atoms with Crippen molar-refractivity contribution in [2.75, 3.05) is 33.4 Å². The highest BCUT2D eigenvalue weighted by Gasteiger charge is 2.32. The Morgan fingerprint density at radius 3 is 2.83 bits per heavy atom. The number of carbonyl (C=O) groups excluding carboxylic acids is 1. The second-order valence-electron chi connectivity index (χ2n) is 6.39. The van der Waals surface area contributed by atoms with E-state index < -0.39 is 0 Å². The molecule has 0 N–H and O–H groups in total. The van der Waals surface area contributed by atoms with Crippen molar-refractivity contribution >= 4 is 17.4 Å². The molecule has 0 saturated carbocycles. The smallest absolute Gasteiger partial charge is 0.170 e. The van der Waals surface area contributed by atoms with Crippen LogP contribution in [0.25, 0.3) is 0 Å². The van der Waals surface area contributed by atoms with Gasteiger partial charge >= 0.3 is 0 Å². The lowest BCUT2D eigenvalue weighted by atomic mass is 9.88. The summed E-state index contributed by atoms with van der Waals surface area (Å²) in [5.41, 5.74) is 0.610. The lowest BCUT2D eigenvalue weighted by Crippen LogP contribution is -2.46. The summed E-state index contributed by atoms with van der Waals surface area (Å²) in [4.78, 5) is 15.4. The standard InChI is InChI=1S/C18H24ClNO3/c1-22-17-5-4-14(19)11-16(17)18(21)13-3-2-8-20(12-13)15-6-9-23-10-7-15/h4-5,11,13,15H,2-3,6-10,12H2,1H3/t13-/m0/s1. The normalized spacial score (nSPS) is 23.7. The first-order chi connectivity index (χ1) is 11.2. The van der Waals surface area contributed by atoms with E-state index in [1.165, 1.54) is 0 Å². The Morgan fingerprint density at radius 2 is 2.09 bits per heavy atom. The number of likely N-dealkylation sites (tertiary alicyclic amines) is 1. The number of Topliss-reactive ketones (excluding diaryl/α,β-unsaturated/α-hetero) is 1. The predicted octanol–water partition coefficient (Wildman–Crippen LogP) is 3.42. The molecule has 0 radical (unpaired) electrons. The summed E-state index contributed by atoms with van der Waals surface area (Å²) in [6.07, 6.45) is 4.15. The molecule has 0 aromatic heterocycles. The van der Waals surface area contributed by atoms with E-state index in [0.717, 1.165) is 52.0 Å². The molecule has 2 aliphatic heterocycles. The van der Waals surface area contributed by atoms with Crippen molar-refractivity contribution in [2.45, 2.75) is 31.7 Å². The van der Waals surface area contributed by atoms with Crippen molar-refractivity contribution in [1.29, 1.82) is 0 Å². The Labute approximate surface area is 142 Å². The second-order valence-corrected chi connectivity index (χ2v) is 6.82. The fourth-order valence-electron chi connectivity index (χ4n) is 3.70. The lowest BCUT2D eigenvalue weighted by molar-refractivity contribution is 0.0183. The number of hydrogen-bond donors (Lipinski definition) is 0. The highest BCUT2D eigenvalue weighted by atomic mass is 35.5. The number of halogens is 1. The van der Waals surface area contributed by atoms with Gasteiger partial charge < -0.3 is 9.47 Å². The molecule has 2 fully saturated rings. The van der Waals surface area contributed by atoms with E-state index in [1.54, 1.807) is 25.3 Å². The van der Waals surface area contributed by atoms with Crippen LogP contribution < -0.4 is 4.74 Å². The Morgan fingerprint density at radius 1 is 1.30 bits per heavy atom. The van der Waals surface area contributed by atoms with Gasteiger partial charge in [-0.05, 0) is 50.4 Å². The van der Waals surface area contributed by atoms with E-state index in [4.69, 9.17) is 21.1 Å². The van der Waals surface area contributed by atoms with Gasteiger partial charge in [0, 0.05) is 36.7 Å². The average molecular weight is 338 g/mol. The van der Waals surface area contributed by atoms with E-state index in [9.17, 15) is 4.79 Å². The zero-order chi connectivity index (χ0) is 16.2. The van der Waals surface area contributed by atoms with Gasteiger partial charge in [-0.15, -0.1) is 0 Å². The molecule has 5 heteroatoms. The number of ether oxygens (including phenoxy) is 2. The summed E-state index contributed by atoms with van der Waals surface area (Å²) in [5, 5.41) is 0.575. The number of piperidine rings is 1. The molecule has 4 nitrogen and oxygen atoms in total. The highest BCUT2D eigenvalue weighted by molar-refractivity contribution is 6.31. The van der Waals surface area contributed by atoms with Crippen molar-refractivity contribution in [3.05, 3.63) is 28.8 Å². The van der Waals surface area contributed by atoms with Crippen LogP contribution in [0.2, 0.25) is 5.02 Å². The third kappa shape index (κ3) is 3.87. The molecule has 0 bridgehead atoms. The van der Waals surface area contributed by atoms with Gasteiger partial charge in [-0.25, -0.2) is 0 Å². The van der Waals surface area contributed by atoms with Crippen LogP contribution in [0.4, 0.5) is 0 Å². The number of hydrogen-bond acceptors (Lipinski definition) is 4. The number of rotatable bonds is 4. The van der Waals surface area contributed by atoms with Crippen LogP contribution in [0.15, 0.2) is 18.2 Å². The molecule has 1 aromatic rings. The van der Waals surface area contributed by atoms with Crippen LogP contribution in [0.5, 0.6) is 5.75 Å². The van der Waals surface area contributed by atoms with Gasteiger partial charge in [0.2, 0.25) is 0 Å². The molecule has 2 saturated heterocycles. The molecular weight excluding hydrogens is 314 g/mol. The fraction of sp³-hybridized carbons (Fsp3) is 0.611. The SMILES string of the molecule is COc1ccc(Cl)cc1C(=O)[C@H]1CCCN(C2CCOCC2)C1. The van der Waals surface area contributed by atoms with Crippen molar-refractivity contribution in [2.24, 2.45) is 5.92 Å². The predicted molar refractivity (Wildman–Crippen MR) is 90.5 cm³/mol. The molecule has 1 aromatic carbocycles. The number of nitrogens with zero attached hydrogens (tertiary/aromatic N) is 1. The molecule has 23 heavy (non-hydrogen) atoms. The van der Waals surface area contributed by atoms with Crippen LogP contribution in [-0.2, 0) is 4.74 Å². The summed E-state index contributed by atoms with van der Waals surface area (Å²) >= 11 is 6.08. The maximum absolute atomic E-state index is 13.0. The van der Waals surface area contributed by atoms with E-state index in [-0.39, 0.29) is 11.7 Å². The quantitative estimate of drug-likeness (QED) is 0.789. The molecule has 2 heterocycles. The molecule has 3 rings (SSSR count). The first kappa shape index (κ1) is 16.7. The van der Waals surface area contributed by atoms with Crippen LogP contribution >= 0.6 is 11.6 Å². The third-order valence-corrected chi connectivity index (χ3v) is 5.19. The van der Waals surface area contributed by atoms with Crippen LogP contribution in [0, 0.1) is 5.92 Å². The van der Waals surface area contributed by atoms with Crippen LogP contribution in [-0.4, -0.2) is 50.1 Å². The minimum atomic E-state index is 0.0268. The van der Waals surface area contributed by atoms with Crippen molar-refractivity contribution in [3.8, 4) is 5.75 Å². The van der Waals surface area contributed by atoms with Gasteiger partial charge in [-0.1, -0.05) is 11.6 Å². The molecule has 126 valence electrons. The number of ketones is 1. The summed E-state index contributed by atoms with van der Waals surface area (Å²) < 4.78 is 10.8. The molecule has 0 unspecified atom stereocenters. The molecule has 0 aliphatic carbocycles. The van der Waals surface area contributed by atoms with Crippen molar-refractivity contribution < 1.29 is 14.3 Å². The van der Waals surface area contributed by atoms with Gasteiger partial charge in [0.15, 0.2) is 5.78 Å². The summed E-state index contributed by atoms with van der Waals surface area (Å²) in [5.74, 6) is 0.794. The number of benzene rings is 1. The Bertz CT molecular complexity index is 557. The van der Waals surface area contributed by atoms with E-state index >= 15 is 0 Å². The molecule has 1 atom stereocenters. The van der Waals surface area contributed by atoms with Gasteiger partial charge in [-0.3, -0.25) is 9.69 Å². The number of carbonyl (C=O) groups is 1. The van der Waals surface area contributed by atoms with Crippen molar-refractivity contribution in [1.82, 2.24) is 4.90 Å². The Kier molecular flexibility index (Phi) is 5.57. The molecule has 0 spiro atoms. The van der Waals surface area contributed by atoms with E-state index in [2.05, 4.69) is 4.90 Å². The van der Waals surface area contributed by atoms with Crippen LogP contribution in [0.3, 0.4) is 0 Å². The molecule has 0 amide bonds. The zero-order valence-corrected chi connectivity index (χ0v) is 14.3. The largest absolute Gasteiger partial charge is 0.496 e. The van der Waals surface area contributed by atoms with E-state index in [0.29, 0.717) is 22.4 Å². The third-order valence-electron chi connectivity index (χ3n) is 4.96. The summed E-state index contributed by atoms with van der Waals surface area (Å²) in [6, 6.07) is 5.82. The Balaban J connectivity index is 1.73. The molecular formula is C18H24ClNO3. The first-order valence-corrected chi connectivity index (χ1v) is 8.76. The minimum Gasteiger partial charge on any atom is -0.496 e. The first-order valence-electron chi connectivity index (χ1n) is 8.38. The topological polar surface area (TPSA) is 38.8 Å². The lowest BCUT2D eigenvalue weighted by Gasteiger charge is -2.39. The number of methoxy groups -OCH3 is 1. The molecule has 2 aliphatic rings. The van der Waals surface area contributed by atoms with E-state index in [1.807, 2.05) is 0 Å². The van der Waals surface area contributed by atoms with Gasteiger partial charge in [0.05, 0.1) is 12.7 Å². The summed E-state index contributed by atoms with van der Waals surface area (Å²) in [7, 11) is 1.59. The fourth-order valence-corrected chi connectivity index (χ4v) is 3.87. The maximum Gasteiger partial charge on any atom is 0.170 e. The second kappa shape index (κ2) is 7.65. The van der Waals surface area contributed by atoms with Gasteiger partial charge in [0.25, 0.3) is 0 Å².